The molecule has 0 unspecified atom stereocenters. The number of hydrogen-bond donors (Lipinski definition) is 0. The average molecular weight is 110 g/mol. The second kappa shape index (κ2) is 2.26. The fourth-order valence-corrected chi connectivity index (χ4v) is 0.408. The molecule has 1 heterocycles. The molecule has 42 valence electrons. The molecule has 0 aliphatic heterocycles. The van der Waals surface area contributed by atoms with E-state index in [-0.39, 0.29) is 0 Å². The highest BCUT2D eigenvalue weighted by molar-refractivity contribution is 4.83. The van der Waals surface area contributed by atoms with Gasteiger partial charge in [0.25, 0.3) is 0 Å². The second-order valence-corrected chi connectivity index (χ2v) is 1.33. The molecular weight excluding hydrogens is 104 g/mol. The first-order chi connectivity index (χ1) is 3.93. The highest BCUT2D eigenvalue weighted by Crippen LogP contribution is 1.91. The highest BCUT2D eigenvalue weighted by atomic mass is 16.4. The highest BCUT2D eigenvalue weighted by Gasteiger charge is 1.90. The summed E-state index contributed by atoms with van der Waals surface area (Å²) in [7, 11) is 0. The Kier molecular flexibility index (Phi) is 1.42. The van der Waals surface area contributed by atoms with Crippen LogP contribution in [0.25, 0.3) is 0 Å². The van der Waals surface area contributed by atoms with Gasteiger partial charge in [0.1, 0.15) is 0 Å². The summed E-state index contributed by atoms with van der Waals surface area (Å²) in [5.74, 6) is 0.611. The minimum Gasteiger partial charge on any atom is -0.428 e. The number of allylic oxidation sites excluding steroid dienone is 1. The van der Waals surface area contributed by atoms with E-state index in [1.54, 1.807) is 6.08 Å². The topological polar surface area (TPSA) is 38.9 Å². The largest absolute Gasteiger partial charge is 0.428 e. The van der Waals surface area contributed by atoms with Crippen molar-refractivity contribution in [1.82, 2.24) is 10.2 Å². The predicted molar refractivity (Wildman–Crippen MR) is 28.2 cm³/mol. The van der Waals surface area contributed by atoms with Gasteiger partial charge in [-0.05, 0) is 0 Å². The lowest BCUT2D eigenvalue weighted by Crippen LogP contribution is -1.77. The number of aromatic nitrogens is 2. The first kappa shape index (κ1) is 5.03. The molecule has 1 rings (SSSR count). The number of hydrogen-bond acceptors (Lipinski definition) is 3. The van der Waals surface area contributed by atoms with Crippen LogP contribution in [0.4, 0.5) is 0 Å². The number of nitrogens with zero attached hydrogens (tertiary/aromatic N) is 2. The minimum atomic E-state index is 0.611. The Hall–Kier alpha value is -1.12. The van der Waals surface area contributed by atoms with Crippen LogP contribution >= 0.6 is 0 Å². The first-order valence-electron chi connectivity index (χ1n) is 2.29. The molecule has 0 fully saturated rings. The fourth-order valence-electron chi connectivity index (χ4n) is 0.408. The van der Waals surface area contributed by atoms with Crippen LogP contribution < -0.4 is 0 Å². The molecule has 0 N–H and O–H groups in total. The summed E-state index contributed by atoms with van der Waals surface area (Å²) in [5.41, 5.74) is 0. The van der Waals surface area contributed by atoms with Gasteiger partial charge in [-0.1, -0.05) is 6.08 Å². The standard InChI is InChI=1S/C5H6N2O/c1-2-3-5-7-6-4-8-5/h2,4H,1,3H2. The van der Waals surface area contributed by atoms with Crippen LogP contribution in [0.3, 0.4) is 0 Å². The maximum Gasteiger partial charge on any atom is 0.219 e. The van der Waals surface area contributed by atoms with Crippen LogP contribution in [0.2, 0.25) is 0 Å². The van der Waals surface area contributed by atoms with Gasteiger partial charge in [-0.25, -0.2) is 0 Å². The zero-order valence-corrected chi connectivity index (χ0v) is 4.37. The first-order valence-corrected chi connectivity index (χ1v) is 2.29. The van der Waals surface area contributed by atoms with Gasteiger partial charge in [0, 0.05) is 6.42 Å². The maximum atomic E-state index is 4.78. The normalized spacial score (nSPS) is 9.00. The Morgan fingerprint density at radius 3 is 3.25 bits per heavy atom. The summed E-state index contributed by atoms with van der Waals surface area (Å²) in [6.07, 6.45) is 3.67. The lowest BCUT2D eigenvalue weighted by molar-refractivity contribution is 0.507. The lowest BCUT2D eigenvalue weighted by Gasteiger charge is -1.77. The predicted octanol–water partition coefficient (Wildman–Crippen LogP) is 0.798. The van der Waals surface area contributed by atoms with Crippen molar-refractivity contribution < 1.29 is 4.42 Å². The fraction of sp³-hybridized carbons (Fsp3) is 0.200. The van der Waals surface area contributed by atoms with Crippen molar-refractivity contribution in [2.45, 2.75) is 6.42 Å². The van der Waals surface area contributed by atoms with Gasteiger partial charge in [0.2, 0.25) is 12.3 Å². The van der Waals surface area contributed by atoms with E-state index in [9.17, 15) is 0 Å². The van der Waals surface area contributed by atoms with Crippen molar-refractivity contribution in [3.05, 3.63) is 24.9 Å². The summed E-state index contributed by atoms with van der Waals surface area (Å²) in [4.78, 5) is 0. The van der Waals surface area contributed by atoms with Crippen molar-refractivity contribution >= 4 is 0 Å². The van der Waals surface area contributed by atoms with Crippen LogP contribution in [0.5, 0.6) is 0 Å². The van der Waals surface area contributed by atoms with Gasteiger partial charge >= 0.3 is 0 Å². The molecule has 0 bridgehead atoms. The van der Waals surface area contributed by atoms with Crippen molar-refractivity contribution in [2.75, 3.05) is 0 Å². The molecule has 0 aliphatic carbocycles. The molecule has 0 atom stereocenters. The second-order valence-electron chi connectivity index (χ2n) is 1.33. The summed E-state index contributed by atoms with van der Waals surface area (Å²) >= 11 is 0. The Morgan fingerprint density at radius 2 is 2.75 bits per heavy atom. The van der Waals surface area contributed by atoms with Crippen LogP contribution in [0, 0.1) is 0 Å². The van der Waals surface area contributed by atoms with Crippen molar-refractivity contribution in [3.63, 3.8) is 0 Å². The SMILES string of the molecule is C=CCc1nnco1. The van der Waals surface area contributed by atoms with Crippen LogP contribution in [0.15, 0.2) is 23.5 Å². The van der Waals surface area contributed by atoms with Crippen molar-refractivity contribution in [2.24, 2.45) is 0 Å². The van der Waals surface area contributed by atoms with Gasteiger partial charge in [-0.15, -0.1) is 16.8 Å². The molecule has 0 radical (unpaired) electrons. The third-order valence-corrected chi connectivity index (χ3v) is 0.724. The third kappa shape index (κ3) is 0.932. The monoisotopic (exact) mass is 110 g/mol. The molecule has 0 saturated carbocycles. The maximum absolute atomic E-state index is 4.78. The van der Waals surface area contributed by atoms with E-state index in [1.165, 1.54) is 6.39 Å². The Bertz CT molecular complexity index is 157. The zero-order chi connectivity index (χ0) is 5.82. The lowest BCUT2D eigenvalue weighted by atomic mass is 10.4. The van der Waals surface area contributed by atoms with Crippen LogP contribution in [-0.4, -0.2) is 10.2 Å². The van der Waals surface area contributed by atoms with E-state index in [1.807, 2.05) is 0 Å². The van der Waals surface area contributed by atoms with E-state index >= 15 is 0 Å². The summed E-state index contributed by atoms with van der Waals surface area (Å²) < 4.78 is 4.78. The van der Waals surface area contributed by atoms with Crippen LogP contribution in [0.1, 0.15) is 5.89 Å². The Labute approximate surface area is 47.0 Å². The van der Waals surface area contributed by atoms with E-state index in [2.05, 4.69) is 16.8 Å². The molecule has 0 aliphatic rings. The van der Waals surface area contributed by atoms with Gasteiger partial charge in [0.05, 0.1) is 0 Å². The molecule has 0 aromatic carbocycles. The van der Waals surface area contributed by atoms with E-state index in [4.69, 9.17) is 4.42 Å². The van der Waals surface area contributed by atoms with Gasteiger partial charge in [0.15, 0.2) is 0 Å². The molecule has 3 heteroatoms. The zero-order valence-electron chi connectivity index (χ0n) is 4.37. The molecular formula is C5H6N2O. The molecule has 1 aromatic heterocycles. The summed E-state index contributed by atoms with van der Waals surface area (Å²) in [6.45, 7) is 3.51. The third-order valence-electron chi connectivity index (χ3n) is 0.724. The van der Waals surface area contributed by atoms with E-state index in [0.29, 0.717) is 12.3 Å². The van der Waals surface area contributed by atoms with Gasteiger partial charge in [-0.3, -0.25) is 0 Å². The van der Waals surface area contributed by atoms with Gasteiger partial charge < -0.3 is 4.42 Å². The van der Waals surface area contributed by atoms with Gasteiger partial charge in [-0.2, -0.15) is 0 Å². The smallest absolute Gasteiger partial charge is 0.219 e. The number of rotatable bonds is 2. The summed E-state index contributed by atoms with van der Waals surface area (Å²) in [5, 5.41) is 7.09. The minimum absolute atomic E-state index is 0.611. The molecule has 0 amide bonds. The Morgan fingerprint density at radius 1 is 1.88 bits per heavy atom. The van der Waals surface area contributed by atoms with E-state index < -0.39 is 0 Å². The van der Waals surface area contributed by atoms with Crippen molar-refractivity contribution in [3.8, 4) is 0 Å². The van der Waals surface area contributed by atoms with Crippen LogP contribution in [-0.2, 0) is 6.42 Å². The molecule has 0 saturated heterocycles. The molecule has 0 spiro atoms. The molecule has 3 nitrogen and oxygen atoms in total. The molecule has 1 aromatic rings. The summed E-state index contributed by atoms with van der Waals surface area (Å²) in [6, 6.07) is 0. The van der Waals surface area contributed by atoms with Crippen molar-refractivity contribution in [1.29, 1.82) is 0 Å². The quantitative estimate of drug-likeness (QED) is 0.528. The Balaban J connectivity index is 2.62. The van der Waals surface area contributed by atoms with E-state index in [0.717, 1.165) is 0 Å². The average Bonchev–Trinajstić information content (AvgIpc) is 2.19. The molecule has 8 heavy (non-hydrogen) atoms.